The molecule has 0 aliphatic rings. The first kappa shape index (κ1) is 18.8. The largest absolute Gasteiger partial charge is 0.436 e. The van der Waals surface area contributed by atoms with Crippen LogP contribution in [0.25, 0.3) is 0 Å². The molecule has 0 spiro atoms. The van der Waals surface area contributed by atoms with Crippen molar-refractivity contribution in [3.63, 3.8) is 0 Å². The summed E-state index contributed by atoms with van der Waals surface area (Å²) in [6.07, 6.45) is 0.658. The zero-order valence-corrected chi connectivity index (χ0v) is 12.3. The van der Waals surface area contributed by atoms with Crippen molar-refractivity contribution in [3.8, 4) is 0 Å². The predicted octanol–water partition coefficient (Wildman–Crippen LogP) is -2.05. The first-order chi connectivity index (χ1) is 9.38. The van der Waals surface area contributed by atoms with E-state index in [1.54, 1.807) is 0 Å². The Morgan fingerprint density at radius 1 is 1.25 bits per heavy atom. The fraction of sp³-hybridized carbons (Fsp3) is 0.833. The number of hydrogen-bond donors (Lipinski definition) is 4. The maximum Gasteiger partial charge on any atom is 0.324 e. The Bertz CT molecular complexity index is 299. The quantitative estimate of drug-likeness (QED) is 0.206. The maximum absolute atomic E-state index is 11.6. The first-order valence-electron chi connectivity index (χ1n) is 6.72. The molecule has 2 atom stereocenters. The standard InChI is InChI=1S/C12H27N5O3/c1-17(2)8-7-16-11(18)10(15)20-12(19)9(14)5-3-4-6-13/h9-10H,3-8,13-15H2,1-2H3,(H,16,18). The van der Waals surface area contributed by atoms with Gasteiger partial charge in [0.1, 0.15) is 6.04 Å². The second kappa shape index (κ2) is 10.6. The molecule has 0 fully saturated rings. The Labute approximate surface area is 120 Å². The molecule has 7 N–H and O–H groups in total. The molecule has 20 heavy (non-hydrogen) atoms. The van der Waals surface area contributed by atoms with Gasteiger partial charge < -0.3 is 26.4 Å². The van der Waals surface area contributed by atoms with Crippen molar-refractivity contribution in [2.75, 3.05) is 33.7 Å². The van der Waals surface area contributed by atoms with Gasteiger partial charge in [0.2, 0.25) is 6.23 Å². The highest BCUT2D eigenvalue weighted by Crippen LogP contribution is 2.01. The number of hydrogen-bond acceptors (Lipinski definition) is 7. The van der Waals surface area contributed by atoms with E-state index in [9.17, 15) is 9.59 Å². The predicted molar refractivity (Wildman–Crippen MR) is 76.5 cm³/mol. The van der Waals surface area contributed by atoms with E-state index in [0.717, 1.165) is 12.8 Å². The molecule has 0 aromatic carbocycles. The van der Waals surface area contributed by atoms with E-state index in [4.69, 9.17) is 21.9 Å². The molecule has 2 unspecified atom stereocenters. The lowest BCUT2D eigenvalue weighted by molar-refractivity contribution is -0.157. The van der Waals surface area contributed by atoms with E-state index in [-0.39, 0.29) is 0 Å². The minimum atomic E-state index is -1.33. The second-order valence-corrected chi connectivity index (χ2v) is 4.84. The normalized spacial score (nSPS) is 13.9. The lowest BCUT2D eigenvalue weighted by Gasteiger charge is -2.17. The molecule has 1 amide bonds. The van der Waals surface area contributed by atoms with Crippen molar-refractivity contribution in [1.82, 2.24) is 10.2 Å². The van der Waals surface area contributed by atoms with Crippen LogP contribution in [0.15, 0.2) is 0 Å². The maximum atomic E-state index is 11.6. The topological polar surface area (TPSA) is 137 Å². The average molecular weight is 289 g/mol. The summed E-state index contributed by atoms with van der Waals surface area (Å²) >= 11 is 0. The number of nitrogens with two attached hydrogens (primary N) is 3. The summed E-state index contributed by atoms with van der Waals surface area (Å²) in [5.74, 6) is -1.20. The Hall–Kier alpha value is -1.22. The van der Waals surface area contributed by atoms with Crippen molar-refractivity contribution < 1.29 is 14.3 Å². The van der Waals surface area contributed by atoms with Crippen LogP contribution in [0.1, 0.15) is 19.3 Å². The van der Waals surface area contributed by atoms with E-state index in [1.807, 2.05) is 19.0 Å². The van der Waals surface area contributed by atoms with Gasteiger partial charge in [-0.3, -0.25) is 15.3 Å². The second-order valence-electron chi connectivity index (χ2n) is 4.84. The Balaban J connectivity index is 3.95. The van der Waals surface area contributed by atoms with Crippen LogP contribution in [0.2, 0.25) is 0 Å². The highest BCUT2D eigenvalue weighted by atomic mass is 16.6. The third kappa shape index (κ3) is 8.81. The molecular weight excluding hydrogens is 262 g/mol. The average Bonchev–Trinajstić information content (AvgIpc) is 2.38. The number of likely N-dealkylation sites (N-methyl/N-ethyl adjacent to an activating group) is 1. The number of carbonyl (C=O) groups is 2. The van der Waals surface area contributed by atoms with Gasteiger partial charge in [-0.25, -0.2) is 0 Å². The molecule has 0 saturated heterocycles. The smallest absolute Gasteiger partial charge is 0.324 e. The van der Waals surface area contributed by atoms with Gasteiger partial charge in [-0.15, -0.1) is 0 Å². The molecule has 118 valence electrons. The van der Waals surface area contributed by atoms with Crippen molar-refractivity contribution >= 4 is 11.9 Å². The summed E-state index contributed by atoms with van der Waals surface area (Å²) in [5, 5.41) is 2.57. The van der Waals surface area contributed by atoms with Crippen LogP contribution < -0.4 is 22.5 Å². The van der Waals surface area contributed by atoms with Gasteiger partial charge in [0.25, 0.3) is 5.91 Å². The van der Waals surface area contributed by atoms with Gasteiger partial charge in [0, 0.05) is 13.1 Å². The van der Waals surface area contributed by atoms with Crippen molar-refractivity contribution in [1.29, 1.82) is 0 Å². The summed E-state index contributed by atoms with van der Waals surface area (Å²) in [6, 6.07) is -0.776. The number of amides is 1. The van der Waals surface area contributed by atoms with E-state index >= 15 is 0 Å². The van der Waals surface area contributed by atoms with Crippen molar-refractivity contribution in [2.24, 2.45) is 17.2 Å². The van der Waals surface area contributed by atoms with E-state index in [2.05, 4.69) is 5.32 Å². The van der Waals surface area contributed by atoms with Gasteiger partial charge in [0.05, 0.1) is 0 Å². The van der Waals surface area contributed by atoms with E-state index in [1.165, 1.54) is 0 Å². The molecule has 8 heteroatoms. The molecule has 0 rings (SSSR count). The molecule has 8 nitrogen and oxygen atoms in total. The highest BCUT2D eigenvalue weighted by Gasteiger charge is 2.22. The van der Waals surface area contributed by atoms with Crippen LogP contribution in [-0.2, 0) is 14.3 Å². The lowest BCUT2D eigenvalue weighted by Crippen LogP contribution is -2.47. The van der Waals surface area contributed by atoms with Crippen molar-refractivity contribution in [3.05, 3.63) is 0 Å². The minimum absolute atomic E-state index is 0.430. The van der Waals surface area contributed by atoms with Crippen molar-refractivity contribution in [2.45, 2.75) is 31.5 Å². The SMILES string of the molecule is CN(C)CCNC(=O)C(N)OC(=O)C(N)CCCCN. The number of carbonyl (C=O) groups excluding carboxylic acids is 2. The number of unbranched alkanes of at least 4 members (excludes halogenated alkanes) is 1. The highest BCUT2D eigenvalue weighted by molar-refractivity contribution is 5.84. The summed E-state index contributed by atoms with van der Waals surface area (Å²) in [5.41, 5.74) is 16.5. The number of esters is 1. The third-order valence-electron chi connectivity index (χ3n) is 2.63. The summed E-state index contributed by atoms with van der Waals surface area (Å²) in [6.45, 7) is 1.65. The third-order valence-corrected chi connectivity index (χ3v) is 2.63. The first-order valence-corrected chi connectivity index (χ1v) is 6.72. The van der Waals surface area contributed by atoms with E-state index < -0.39 is 24.1 Å². The molecule has 0 aliphatic carbocycles. The molecule has 0 aromatic heterocycles. The van der Waals surface area contributed by atoms with Crippen LogP contribution in [0.3, 0.4) is 0 Å². The monoisotopic (exact) mass is 289 g/mol. The summed E-state index contributed by atoms with van der Waals surface area (Å²) in [7, 11) is 3.76. The molecular formula is C12H27N5O3. The number of nitrogens with one attached hydrogen (secondary N) is 1. The Morgan fingerprint density at radius 3 is 2.45 bits per heavy atom. The fourth-order valence-corrected chi connectivity index (χ4v) is 1.40. The molecule has 0 saturated carbocycles. The van der Waals surface area contributed by atoms with Crippen LogP contribution in [0.4, 0.5) is 0 Å². The van der Waals surface area contributed by atoms with Gasteiger partial charge >= 0.3 is 5.97 Å². The molecule has 0 radical (unpaired) electrons. The van der Waals surface area contributed by atoms with Gasteiger partial charge in [-0.2, -0.15) is 0 Å². The zero-order chi connectivity index (χ0) is 15.5. The van der Waals surface area contributed by atoms with Gasteiger partial charge in [-0.05, 0) is 33.5 Å². The van der Waals surface area contributed by atoms with Crippen LogP contribution >= 0.6 is 0 Å². The fourth-order valence-electron chi connectivity index (χ4n) is 1.40. The molecule has 0 aliphatic heterocycles. The Morgan fingerprint density at radius 2 is 1.90 bits per heavy atom. The summed E-state index contributed by atoms with van der Waals surface area (Å²) in [4.78, 5) is 25.0. The number of ether oxygens (including phenoxy) is 1. The van der Waals surface area contributed by atoms with Crippen LogP contribution in [-0.4, -0.2) is 62.8 Å². The number of rotatable bonds is 10. The lowest BCUT2D eigenvalue weighted by atomic mass is 10.1. The minimum Gasteiger partial charge on any atom is -0.436 e. The van der Waals surface area contributed by atoms with Crippen LogP contribution in [0.5, 0.6) is 0 Å². The zero-order valence-electron chi connectivity index (χ0n) is 12.3. The molecule has 0 heterocycles. The van der Waals surface area contributed by atoms with Crippen LogP contribution in [0, 0.1) is 0 Å². The number of nitrogens with zero attached hydrogens (tertiary/aromatic N) is 1. The molecule has 0 bridgehead atoms. The summed E-state index contributed by atoms with van der Waals surface area (Å²) < 4.78 is 4.82. The Kier molecular flexibility index (Phi) is 9.91. The van der Waals surface area contributed by atoms with Gasteiger partial charge in [0.15, 0.2) is 0 Å². The van der Waals surface area contributed by atoms with E-state index in [0.29, 0.717) is 26.1 Å². The van der Waals surface area contributed by atoms with Gasteiger partial charge in [-0.1, -0.05) is 6.42 Å². The molecule has 0 aromatic rings.